The fourth-order valence-electron chi connectivity index (χ4n) is 2.24. The molecule has 0 bridgehead atoms. The Morgan fingerprint density at radius 3 is 1.35 bits per heavy atom. The predicted octanol–water partition coefficient (Wildman–Crippen LogP) is 6.81. The molecule has 0 aromatic heterocycles. The number of carbonyl (C=O) groups is 1. The average molecular weight is 653 g/mol. The highest BCUT2D eigenvalue weighted by molar-refractivity contribution is 7.90. The van der Waals surface area contributed by atoms with Crippen molar-refractivity contribution in [1.82, 2.24) is 4.47 Å². The quantitative estimate of drug-likeness (QED) is 0.118. The number of sulfonamides is 1. The second kappa shape index (κ2) is 11.0. The van der Waals surface area contributed by atoms with Crippen molar-refractivity contribution >= 4 is 16.0 Å². The van der Waals surface area contributed by atoms with Crippen LogP contribution in [0.5, 0.6) is 0 Å². The van der Waals surface area contributed by atoms with Crippen molar-refractivity contribution in [3.63, 3.8) is 0 Å². The molecule has 0 spiro atoms. The van der Waals surface area contributed by atoms with E-state index in [0.29, 0.717) is 0 Å². The Hall–Kier alpha value is -2.07. The molecule has 0 unspecified atom stereocenters. The zero-order valence-corrected chi connectivity index (χ0v) is 20.3. The van der Waals surface area contributed by atoms with Crippen molar-refractivity contribution in [2.75, 3.05) is 6.54 Å². The monoisotopic (exact) mass is 653 g/mol. The highest BCUT2D eigenvalue weighted by Gasteiger charge is 2.96. The van der Waals surface area contributed by atoms with Crippen LogP contribution < -0.4 is 0 Å². The summed E-state index contributed by atoms with van der Waals surface area (Å²) >= 11 is 0. The third kappa shape index (κ3) is 5.42. The molecule has 0 atom stereocenters. The van der Waals surface area contributed by atoms with E-state index >= 15 is 0 Å². The number of alkyl halides is 17. The van der Waals surface area contributed by atoms with E-state index in [-0.39, 0.29) is 6.42 Å². The first-order valence-corrected chi connectivity index (χ1v) is 11.4. The van der Waals surface area contributed by atoms with Gasteiger partial charge in [0.25, 0.3) is 0 Å². The highest BCUT2D eigenvalue weighted by atomic mass is 32.2. The topological polar surface area (TPSA) is 63.7 Å². The molecule has 0 saturated heterocycles. The van der Waals surface area contributed by atoms with Gasteiger partial charge in [-0.15, -0.1) is 0 Å². The van der Waals surface area contributed by atoms with Gasteiger partial charge in [0.05, 0.1) is 6.54 Å². The Balaban J connectivity index is 7.10. The molecule has 0 saturated carbocycles. The van der Waals surface area contributed by atoms with E-state index in [2.05, 4.69) is 11.4 Å². The summed E-state index contributed by atoms with van der Waals surface area (Å²) in [4.78, 5) is 15.5. The van der Waals surface area contributed by atoms with Crippen molar-refractivity contribution in [3.05, 3.63) is 12.2 Å². The summed E-state index contributed by atoms with van der Waals surface area (Å²) in [6.45, 7) is 3.52. The number of rotatable bonds is 14. The lowest BCUT2D eigenvalue weighted by molar-refractivity contribution is -0.458. The SMILES string of the molecule is C=C(CC)C(=O)ON(CCCC)S(=O)(=O)C(F)(F)C(F)(F)C(F)(F)C(F)(F)C(F)(F)C(F)(F)C(F)(F)C(F)(F)F. The van der Waals surface area contributed by atoms with Gasteiger partial charge in [-0.25, -0.2) is 13.2 Å². The van der Waals surface area contributed by atoms with Crippen LogP contribution in [0.4, 0.5) is 74.6 Å². The fourth-order valence-corrected chi connectivity index (χ4v) is 3.49. The Morgan fingerprint density at radius 2 is 1.02 bits per heavy atom. The van der Waals surface area contributed by atoms with E-state index < -0.39 is 92.4 Å². The summed E-state index contributed by atoms with van der Waals surface area (Å²) in [6.07, 6.45) is -9.39. The maximum absolute atomic E-state index is 14.4. The second-order valence-electron chi connectivity index (χ2n) is 7.68. The molecular formula is C17H16F17NO4S. The normalized spacial score (nSPS) is 15.4. The first-order chi connectivity index (χ1) is 17.3. The molecule has 0 aliphatic carbocycles. The minimum atomic E-state index is -8.96. The molecule has 5 nitrogen and oxygen atoms in total. The smallest absolute Gasteiger partial charge is 0.349 e. The van der Waals surface area contributed by atoms with Crippen LogP contribution in [0, 0.1) is 0 Å². The fraction of sp³-hybridized carbons (Fsp3) is 0.824. The van der Waals surface area contributed by atoms with Gasteiger partial charge in [0.1, 0.15) is 0 Å². The minimum Gasteiger partial charge on any atom is -0.349 e. The number of hydrogen-bond donors (Lipinski definition) is 0. The van der Waals surface area contributed by atoms with Gasteiger partial charge in [0.2, 0.25) is 0 Å². The maximum Gasteiger partial charge on any atom is 0.460 e. The van der Waals surface area contributed by atoms with E-state index in [9.17, 15) is 87.8 Å². The second-order valence-corrected chi connectivity index (χ2v) is 9.55. The van der Waals surface area contributed by atoms with Crippen molar-refractivity contribution in [2.24, 2.45) is 0 Å². The van der Waals surface area contributed by atoms with Gasteiger partial charge in [0, 0.05) is 5.57 Å². The molecule has 0 aromatic rings. The van der Waals surface area contributed by atoms with Crippen LogP contribution in [0.25, 0.3) is 0 Å². The van der Waals surface area contributed by atoms with E-state index in [4.69, 9.17) is 0 Å². The first-order valence-electron chi connectivity index (χ1n) is 9.96. The predicted molar refractivity (Wildman–Crippen MR) is 96.7 cm³/mol. The molecule has 0 aromatic carbocycles. The lowest BCUT2D eigenvalue weighted by Gasteiger charge is -2.42. The first kappa shape index (κ1) is 37.9. The summed E-state index contributed by atoms with van der Waals surface area (Å²) in [5.74, 6) is -54.3. The van der Waals surface area contributed by atoms with Crippen molar-refractivity contribution in [2.45, 2.75) is 80.1 Å². The Morgan fingerprint density at radius 1 is 0.675 bits per heavy atom. The molecular weight excluding hydrogens is 637 g/mol. The van der Waals surface area contributed by atoms with E-state index in [0.717, 1.165) is 13.8 Å². The molecule has 0 aliphatic heterocycles. The lowest BCUT2D eigenvalue weighted by Crippen LogP contribution is -2.75. The number of halogens is 17. The standard InChI is InChI=1S/C17H16F17NO4S/c1-4-6-7-35(39-9(36)8(3)5-2)40(37,38)17(33,34)15(28,29)13(24,25)11(20,21)10(18,19)12(22,23)14(26,27)16(30,31)32/h3-7H2,1-2H3. The van der Waals surface area contributed by atoms with Gasteiger partial charge < -0.3 is 4.84 Å². The Bertz CT molecular complexity index is 1050. The number of unbranched alkanes of at least 4 members (excludes halogenated alkanes) is 1. The number of nitrogens with zero attached hydrogens (tertiary/aromatic N) is 1. The molecule has 0 amide bonds. The Kier molecular flexibility index (Phi) is 10.4. The molecule has 0 aliphatic rings. The van der Waals surface area contributed by atoms with Gasteiger partial charge in [-0.1, -0.05) is 26.8 Å². The van der Waals surface area contributed by atoms with Crippen molar-refractivity contribution in [1.29, 1.82) is 0 Å². The molecule has 40 heavy (non-hydrogen) atoms. The maximum atomic E-state index is 14.4. The van der Waals surface area contributed by atoms with Crippen molar-refractivity contribution < 1.29 is 92.7 Å². The molecule has 0 N–H and O–H groups in total. The molecule has 0 heterocycles. The van der Waals surface area contributed by atoms with Crippen LogP contribution in [0.15, 0.2) is 12.2 Å². The van der Waals surface area contributed by atoms with Gasteiger partial charge in [-0.3, -0.25) is 0 Å². The molecule has 238 valence electrons. The minimum absolute atomic E-state index is 0.275. The van der Waals surface area contributed by atoms with Crippen LogP contribution in [0.2, 0.25) is 0 Å². The third-order valence-corrected chi connectivity index (χ3v) is 6.58. The van der Waals surface area contributed by atoms with E-state index in [1.807, 2.05) is 0 Å². The van der Waals surface area contributed by atoms with Crippen LogP contribution in [-0.2, 0) is 19.7 Å². The Labute approximate surface area is 212 Å². The lowest BCUT2D eigenvalue weighted by atomic mass is 9.91. The summed E-state index contributed by atoms with van der Waals surface area (Å²) in [6, 6.07) is 0. The van der Waals surface area contributed by atoms with Gasteiger partial charge >= 0.3 is 63.0 Å². The number of hydroxylamine groups is 1. The number of carbonyl (C=O) groups excluding carboxylic acids is 1. The summed E-state index contributed by atoms with van der Waals surface area (Å²) in [7, 11) is -7.75. The zero-order valence-electron chi connectivity index (χ0n) is 19.4. The van der Waals surface area contributed by atoms with Crippen LogP contribution in [-0.4, -0.2) is 72.4 Å². The average Bonchev–Trinajstić information content (AvgIpc) is 2.78. The third-order valence-electron chi connectivity index (χ3n) is 4.88. The van der Waals surface area contributed by atoms with E-state index in [1.54, 1.807) is 0 Å². The van der Waals surface area contributed by atoms with Crippen molar-refractivity contribution in [3.8, 4) is 0 Å². The molecule has 0 rings (SSSR count). The van der Waals surface area contributed by atoms with Gasteiger partial charge in [-0.2, -0.15) is 74.6 Å². The zero-order chi connectivity index (χ0) is 32.8. The number of hydrogen-bond acceptors (Lipinski definition) is 4. The van der Waals surface area contributed by atoms with Crippen LogP contribution >= 0.6 is 0 Å². The summed E-state index contributed by atoms with van der Waals surface area (Å²) < 4.78 is 251. The largest absolute Gasteiger partial charge is 0.460 e. The van der Waals surface area contributed by atoms with Crippen LogP contribution in [0.3, 0.4) is 0 Å². The molecule has 0 radical (unpaired) electrons. The molecule has 0 fully saturated rings. The van der Waals surface area contributed by atoms with Gasteiger partial charge in [0.15, 0.2) is 0 Å². The molecule has 23 heteroatoms. The highest BCUT2D eigenvalue weighted by Crippen LogP contribution is 2.64. The van der Waals surface area contributed by atoms with Gasteiger partial charge in [-0.05, 0) is 17.3 Å². The van der Waals surface area contributed by atoms with Crippen LogP contribution in [0.1, 0.15) is 33.1 Å². The van der Waals surface area contributed by atoms with E-state index in [1.165, 1.54) is 0 Å². The summed E-state index contributed by atoms with van der Waals surface area (Å²) in [5, 5.41) is -7.83. The summed E-state index contributed by atoms with van der Waals surface area (Å²) in [5.41, 5.74) is -0.795.